The van der Waals surface area contributed by atoms with Crippen LogP contribution in [-0.4, -0.2) is 29.4 Å². The molecule has 0 saturated carbocycles. The number of nitrogens with one attached hydrogen (secondary N) is 1. The molecule has 0 spiro atoms. The summed E-state index contributed by atoms with van der Waals surface area (Å²) in [5, 5.41) is 3.17. The van der Waals surface area contributed by atoms with E-state index in [4.69, 9.17) is 4.74 Å². The minimum Gasteiger partial charge on any atom is -0.491 e. The molecule has 1 aliphatic heterocycles. The van der Waals surface area contributed by atoms with Gasteiger partial charge in [0.1, 0.15) is 11.4 Å². The van der Waals surface area contributed by atoms with Gasteiger partial charge in [-0.2, -0.15) is 0 Å². The molecule has 28 heavy (non-hydrogen) atoms. The van der Waals surface area contributed by atoms with Crippen LogP contribution in [0.4, 0.5) is 5.69 Å². The molecule has 0 atom stereocenters. The van der Waals surface area contributed by atoms with E-state index in [1.54, 1.807) is 0 Å². The molecule has 0 radical (unpaired) electrons. The fourth-order valence-electron chi connectivity index (χ4n) is 3.14. The van der Waals surface area contributed by atoms with Gasteiger partial charge in [-0.1, -0.05) is 36.8 Å². The monoisotopic (exact) mass is 378 g/mol. The molecule has 0 unspecified atom stereocenters. The standard InChI is InChI=1S/C23H26N2O3/c1-5-14-25-22(26)20(17-8-6-16(4)7-9-17)21(23(25)27)24-18-10-12-19(13-11-18)28-15(2)3/h6-13,15,24H,5,14H2,1-4H3. The second kappa shape index (κ2) is 8.30. The molecule has 2 aromatic carbocycles. The molecule has 0 fully saturated rings. The first-order chi connectivity index (χ1) is 13.4. The van der Waals surface area contributed by atoms with E-state index in [1.807, 2.05) is 76.2 Å². The number of rotatable bonds is 7. The highest BCUT2D eigenvalue weighted by Gasteiger charge is 2.38. The van der Waals surface area contributed by atoms with Crippen LogP contribution in [-0.2, 0) is 9.59 Å². The number of imide groups is 1. The van der Waals surface area contributed by atoms with Gasteiger partial charge in [-0.3, -0.25) is 14.5 Å². The summed E-state index contributed by atoms with van der Waals surface area (Å²) >= 11 is 0. The van der Waals surface area contributed by atoms with E-state index >= 15 is 0 Å². The van der Waals surface area contributed by atoms with Gasteiger partial charge in [-0.05, 0) is 57.0 Å². The Bertz CT molecular complexity index is 896. The third kappa shape index (κ3) is 4.09. The molecule has 5 nitrogen and oxygen atoms in total. The summed E-state index contributed by atoms with van der Waals surface area (Å²) in [6.45, 7) is 8.28. The van der Waals surface area contributed by atoms with Crippen LogP contribution in [0.1, 0.15) is 38.3 Å². The van der Waals surface area contributed by atoms with Gasteiger partial charge in [0.2, 0.25) is 0 Å². The number of aryl methyl sites for hydroxylation is 1. The number of hydrogen-bond acceptors (Lipinski definition) is 4. The highest BCUT2D eigenvalue weighted by atomic mass is 16.5. The lowest BCUT2D eigenvalue weighted by atomic mass is 10.0. The quantitative estimate of drug-likeness (QED) is 0.726. The lowest BCUT2D eigenvalue weighted by Gasteiger charge is -2.14. The molecule has 0 bridgehead atoms. The minimum atomic E-state index is -0.287. The summed E-state index contributed by atoms with van der Waals surface area (Å²) in [5.41, 5.74) is 3.31. The highest BCUT2D eigenvalue weighted by Crippen LogP contribution is 2.31. The lowest BCUT2D eigenvalue weighted by Crippen LogP contribution is -2.33. The largest absolute Gasteiger partial charge is 0.491 e. The van der Waals surface area contributed by atoms with Crippen LogP contribution >= 0.6 is 0 Å². The van der Waals surface area contributed by atoms with Crippen LogP contribution < -0.4 is 10.1 Å². The number of nitrogens with zero attached hydrogens (tertiary/aromatic N) is 1. The average Bonchev–Trinajstić information content (AvgIpc) is 2.88. The number of ether oxygens (including phenoxy) is 1. The Hall–Kier alpha value is -3.08. The second-order valence-electron chi connectivity index (χ2n) is 7.19. The SMILES string of the molecule is CCCN1C(=O)C(Nc2ccc(OC(C)C)cc2)=C(c2ccc(C)cc2)C1=O. The summed E-state index contributed by atoms with van der Waals surface area (Å²) in [7, 11) is 0. The third-order valence-corrected chi connectivity index (χ3v) is 4.45. The maximum atomic E-state index is 13.0. The molecule has 0 aromatic heterocycles. The van der Waals surface area contributed by atoms with E-state index in [-0.39, 0.29) is 17.9 Å². The van der Waals surface area contributed by atoms with Gasteiger partial charge in [0.05, 0.1) is 11.7 Å². The maximum absolute atomic E-state index is 13.0. The van der Waals surface area contributed by atoms with Crippen LogP contribution in [0.2, 0.25) is 0 Å². The van der Waals surface area contributed by atoms with Crippen molar-refractivity contribution in [1.29, 1.82) is 0 Å². The number of amides is 2. The van der Waals surface area contributed by atoms with Crippen molar-refractivity contribution >= 4 is 23.1 Å². The topological polar surface area (TPSA) is 58.6 Å². The molecule has 5 heteroatoms. The van der Waals surface area contributed by atoms with E-state index in [1.165, 1.54) is 4.90 Å². The Morgan fingerprint density at radius 1 is 0.964 bits per heavy atom. The van der Waals surface area contributed by atoms with Gasteiger partial charge in [0.15, 0.2) is 0 Å². The summed E-state index contributed by atoms with van der Waals surface area (Å²) in [6.07, 6.45) is 0.805. The van der Waals surface area contributed by atoms with Gasteiger partial charge in [0, 0.05) is 12.2 Å². The maximum Gasteiger partial charge on any atom is 0.278 e. The summed E-state index contributed by atoms with van der Waals surface area (Å²) in [4.78, 5) is 27.2. The summed E-state index contributed by atoms with van der Waals surface area (Å²) < 4.78 is 5.66. The van der Waals surface area contributed by atoms with Crippen molar-refractivity contribution < 1.29 is 14.3 Å². The van der Waals surface area contributed by atoms with E-state index in [0.717, 1.165) is 22.6 Å². The Kier molecular flexibility index (Phi) is 5.83. The zero-order valence-corrected chi connectivity index (χ0v) is 16.8. The lowest BCUT2D eigenvalue weighted by molar-refractivity contribution is -0.136. The van der Waals surface area contributed by atoms with Crippen LogP contribution in [0, 0.1) is 6.92 Å². The van der Waals surface area contributed by atoms with Gasteiger partial charge in [0.25, 0.3) is 11.8 Å². The molecule has 3 rings (SSSR count). The van der Waals surface area contributed by atoms with Gasteiger partial charge < -0.3 is 10.1 Å². The molecular weight excluding hydrogens is 352 g/mol. The Balaban J connectivity index is 1.96. The smallest absolute Gasteiger partial charge is 0.278 e. The van der Waals surface area contributed by atoms with Crippen LogP contribution in [0.5, 0.6) is 5.75 Å². The van der Waals surface area contributed by atoms with Crippen molar-refractivity contribution in [2.24, 2.45) is 0 Å². The molecule has 1 N–H and O–H groups in total. The van der Waals surface area contributed by atoms with Crippen molar-refractivity contribution in [3.63, 3.8) is 0 Å². The van der Waals surface area contributed by atoms with E-state index in [0.29, 0.717) is 24.2 Å². The predicted molar refractivity (Wildman–Crippen MR) is 111 cm³/mol. The van der Waals surface area contributed by atoms with Crippen molar-refractivity contribution in [2.45, 2.75) is 40.2 Å². The van der Waals surface area contributed by atoms with Crippen molar-refractivity contribution in [1.82, 2.24) is 4.90 Å². The first kappa shape index (κ1) is 19.7. The van der Waals surface area contributed by atoms with E-state index in [2.05, 4.69) is 5.32 Å². The second-order valence-corrected chi connectivity index (χ2v) is 7.19. The van der Waals surface area contributed by atoms with Crippen LogP contribution in [0.25, 0.3) is 5.57 Å². The first-order valence-corrected chi connectivity index (χ1v) is 9.62. The fourth-order valence-corrected chi connectivity index (χ4v) is 3.14. The number of carbonyl (C=O) groups excluding carboxylic acids is 2. The predicted octanol–water partition coefficient (Wildman–Crippen LogP) is 4.38. The Morgan fingerprint density at radius 2 is 1.61 bits per heavy atom. The number of anilines is 1. The molecule has 1 aliphatic rings. The van der Waals surface area contributed by atoms with Crippen LogP contribution in [0.3, 0.4) is 0 Å². The van der Waals surface area contributed by atoms with Crippen LogP contribution in [0.15, 0.2) is 54.2 Å². The molecule has 0 aliphatic carbocycles. The summed E-state index contributed by atoms with van der Waals surface area (Å²) in [6, 6.07) is 15.0. The zero-order valence-electron chi connectivity index (χ0n) is 16.8. The first-order valence-electron chi connectivity index (χ1n) is 9.62. The van der Waals surface area contributed by atoms with E-state index < -0.39 is 0 Å². The number of hydrogen-bond donors (Lipinski definition) is 1. The van der Waals surface area contributed by atoms with Crippen molar-refractivity contribution in [2.75, 3.05) is 11.9 Å². The van der Waals surface area contributed by atoms with Gasteiger partial charge in [-0.15, -0.1) is 0 Å². The molecule has 1 heterocycles. The minimum absolute atomic E-state index is 0.0892. The molecule has 146 valence electrons. The fraction of sp³-hybridized carbons (Fsp3) is 0.304. The molecular formula is C23H26N2O3. The number of benzene rings is 2. The Morgan fingerprint density at radius 3 is 2.18 bits per heavy atom. The zero-order chi connectivity index (χ0) is 20.3. The van der Waals surface area contributed by atoms with Crippen molar-refractivity contribution in [3.8, 4) is 5.75 Å². The molecule has 2 amide bonds. The van der Waals surface area contributed by atoms with Gasteiger partial charge >= 0.3 is 0 Å². The highest BCUT2D eigenvalue weighted by molar-refractivity contribution is 6.36. The van der Waals surface area contributed by atoms with Gasteiger partial charge in [-0.25, -0.2) is 0 Å². The van der Waals surface area contributed by atoms with Crippen molar-refractivity contribution in [3.05, 3.63) is 65.4 Å². The molecule has 0 saturated heterocycles. The normalized spacial score (nSPS) is 14.2. The molecule has 2 aromatic rings. The number of carbonyl (C=O) groups is 2. The average molecular weight is 378 g/mol. The summed E-state index contributed by atoms with van der Waals surface area (Å²) in [5.74, 6) is 0.220. The van der Waals surface area contributed by atoms with E-state index in [9.17, 15) is 9.59 Å². The Labute approximate surface area is 166 Å². The third-order valence-electron chi connectivity index (χ3n) is 4.45.